The van der Waals surface area contributed by atoms with Gasteiger partial charge in [0.1, 0.15) is 11.3 Å². The van der Waals surface area contributed by atoms with E-state index in [1.165, 1.54) is 6.07 Å². The van der Waals surface area contributed by atoms with E-state index in [2.05, 4.69) is 10.3 Å². The Hall–Kier alpha value is -3.21. The van der Waals surface area contributed by atoms with Gasteiger partial charge in [-0.15, -0.1) is 5.10 Å². The lowest BCUT2D eigenvalue weighted by Crippen LogP contribution is -2.04. The summed E-state index contributed by atoms with van der Waals surface area (Å²) in [6.45, 7) is 0. The highest BCUT2D eigenvalue weighted by atomic mass is 16.4. The van der Waals surface area contributed by atoms with Crippen LogP contribution in [0.15, 0.2) is 76.1 Å². The molecule has 2 aromatic carbocycles. The molecule has 0 bridgehead atoms. The SMILES string of the molecule is O=c1cc(-n2cc(-c3ccccc3)nn2)c2ccccc2o1. The number of para-hydroxylation sites is 1. The molecular weight excluding hydrogens is 278 g/mol. The van der Waals surface area contributed by atoms with Gasteiger partial charge in [-0.25, -0.2) is 9.48 Å². The van der Waals surface area contributed by atoms with Crippen LogP contribution in [-0.2, 0) is 0 Å². The summed E-state index contributed by atoms with van der Waals surface area (Å²) < 4.78 is 6.80. The molecule has 0 amide bonds. The van der Waals surface area contributed by atoms with Crippen molar-refractivity contribution in [3.05, 3.63) is 77.3 Å². The second-order valence-electron chi connectivity index (χ2n) is 4.86. The first-order chi connectivity index (χ1) is 10.8. The molecule has 106 valence electrons. The van der Waals surface area contributed by atoms with E-state index in [-0.39, 0.29) is 0 Å². The van der Waals surface area contributed by atoms with Crippen LogP contribution >= 0.6 is 0 Å². The van der Waals surface area contributed by atoms with E-state index in [4.69, 9.17) is 4.42 Å². The van der Waals surface area contributed by atoms with Crippen LogP contribution in [-0.4, -0.2) is 15.0 Å². The van der Waals surface area contributed by atoms with Crippen molar-refractivity contribution in [2.45, 2.75) is 0 Å². The van der Waals surface area contributed by atoms with Gasteiger partial charge in [0.05, 0.1) is 18.0 Å². The van der Waals surface area contributed by atoms with Crippen LogP contribution in [0, 0.1) is 0 Å². The van der Waals surface area contributed by atoms with Crippen LogP contribution in [0.25, 0.3) is 27.9 Å². The predicted octanol–water partition coefficient (Wildman–Crippen LogP) is 3.04. The van der Waals surface area contributed by atoms with Gasteiger partial charge in [0.15, 0.2) is 0 Å². The smallest absolute Gasteiger partial charge is 0.338 e. The van der Waals surface area contributed by atoms with Crippen LogP contribution in [0.3, 0.4) is 0 Å². The van der Waals surface area contributed by atoms with Gasteiger partial charge >= 0.3 is 5.63 Å². The number of hydrogen-bond acceptors (Lipinski definition) is 4. The Bertz CT molecular complexity index is 1000. The Kier molecular flexibility index (Phi) is 2.83. The lowest BCUT2D eigenvalue weighted by atomic mass is 10.2. The van der Waals surface area contributed by atoms with Gasteiger partial charge in [0.2, 0.25) is 0 Å². The fraction of sp³-hybridized carbons (Fsp3) is 0. The predicted molar refractivity (Wildman–Crippen MR) is 82.8 cm³/mol. The van der Waals surface area contributed by atoms with E-state index in [1.54, 1.807) is 16.9 Å². The third-order valence-corrected chi connectivity index (χ3v) is 3.44. The first-order valence-corrected chi connectivity index (χ1v) is 6.82. The summed E-state index contributed by atoms with van der Waals surface area (Å²) in [7, 11) is 0. The maximum absolute atomic E-state index is 11.7. The van der Waals surface area contributed by atoms with Gasteiger partial charge in [0.25, 0.3) is 0 Å². The summed E-state index contributed by atoms with van der Waals surface area (Å²) in [5.41, 5.74) is 2.49. The minimum Gasteiger partial charge on any atom is -0.423 e. The molecule has 0 aliphatic rings. The molecule has 22 heavy (non-hydrogen) atoms. The molecule has 5 nitrogen and oxygen atoms in total. The second kappa shape index (κ2) is 4.96. The maximum atomic E-state index is 11.7. The highest BCUT2D eigenvalue weighted by Crippen LogP contribution is 2.22. The third-order valence-electron chi connectivity index (χ3n) is 3.44. The molecule has 2 aromatic heterocycles. The zero-order chi connectivity index (χ0) is 14.9. The second-order valence-corrected chi connectivity index (χ2v) is 4.86. The van der Waals surface area contributed by atoms with E-state index in [0.29, 0.717) is 11.3 Å². The number of aromatic nitrogens is 3. The maximum Gasteiger partial charge on any atom is 0.338 e. The molecule has 0 radical (unpaired) electrons. The normalized spacial score (nSPS) is 10.9. The standard InChI is InChI=1S/C17H11N3O2/c21-17-10-15(13-8-4-5-9-16(13)22-17)20-11-14(18-19-20)12-6-2-1-3-7-12/h1-11H. The van der Waals surface area contributed by atoms with Crippen molar-refractivity contribution in [2.75, 3.05) is 0 Å². The van der Waals surface area contributed by atoms with E-state index in [9.17, 15) is 4.79 Å². The van der Waals surface area contributed by atoms with Crippen LogP contribution in [0.1, 0.15) is 0 Å². The molecule has 0 saturated heterocycles. The molecule has 0 spiro atoms. The average Bonchev–Trinajstić information content (AvgIpc) is 3.05. The summed E-state index contributed by atoms with van der Waals surface area (Å²) in [6.07, 6.45) is 1.80. The van der Waals surface area contributed by atoms with Gasteiger partial charge in [-0.3, -0.25) is 0 Å². The van der Waals surface area contributed by atoms with E-state index < -0.39 is 5.63 Å². The monoisotopic (exact) mass is 289 g/mol. The van der Waals surface area contributed by atoms with Crippen molar-refractivity contribution >= 4 is 11.0 Å². The van der Waals surface area contributed by atoms with E-state index >= 15 is 0 Å². The lowest BCUT2D eigenvalue weighted by Gasteiger charge is -2.03. The number of hydrogen-bond donors (Lipinski definition) is 0. The topological polar surface area (TPSA) is 60.9 Å². The van der Waals surface area contributed by atoms with Crippen molar-refractivity contribution < 1.29 is 4.42 Å². The Morgan fingerprint density at radius 3 is 2.59 bits per heavy atom. The molecule has 0 unspecified atom stereocenters. The Morgan fingerprint density at radius 2 is 1.73 bits per heavy atom. The molecule has 2 heterocycles. The summed E-state index contributed by atoms with van der Waals surface area (Å²) >= 11 is 0. The average molecular weight is 289 g/mol. The number of rotatable bonds is 2. The van der Waals surface area contributed by atoms with Crippen LogP contribution in [0.4, 0.5) is 0 Å². The Balaban J connectivity index is 1.90. The van der Waals surface area contributed by atoms with Crippen molar-refractivity contribution in [1.29, 1.82) is 0 Å². The molecule has 0 aliphatic heterocycles. The van der Waals surface area contributed by atoms with Crippen molar-refractivity contribution in [1.82, 2.24) is 15.0 Å². The Morgan fingerprint density at radius 1 is 0.955 bits per heavy atom. The molecule has 0 saturated carbocycles. The quantitative estimate of drug-likeness (QED) is 0.532. The summed E-state index contributed by atoms with van der Waals surface area (Å²) in [5.74, 6) is 0. The van der Waals surface area contributed by atoms with Crippen molar-refractivity contribution in [2.24, 2.45) is 0 Å². The molecule has 5 heteroatoms. The molecule has 4 aromatic rings. The number of benzene rings is 2. The molecular formula is C17H11N3O2. The first-order valence-electron chi connectivity index (χ1n) is 6.82. The van der Waals surface area contributed by atoms with Gasteiger partial charge in [-0.05, 0) is 12.1 Å². The van der Waals surface area contributed by atoms with Gasteiger partial charge < -0.3 is 4.42 Å². The largest absolute Gasteiger partial charge is 0.423 e. The minimum absolute atomic E-state index is 0.412. The van der Waals surface area contributed by atoms with E-state index in [0.717, 1.165) is 16.6 Å². The van der Waals surface area contributed by atoms with Crippen LogP contribution in [0.5, 0.6) is 0 Å². The number of nitrogens with zero attached hydrogens (tertiary/aromatic N) is 3. The summed E-state index contributed by atoms with van der Waals surface area (Å²) in [4.78, 5) is 11.7. The molecule has 4 rings (SSSR count). The lowest BCUT2D eigenvalue weighted by molar-refractivity contribution is 0.559. The van der Waals surface area contributed by atoms with E-state index in [1.807, 2.05) is 48.5 Å². The minimum atomic E-state index is -0.412. The highest BCUT2D eigenvalue weighted by molar-refractivity contribution is 5.85. The fourth-order valence-corrected chi connectivity index (χ4v) is 2.41. The highest BCUT2D eigenvalue weighted by Gasteiger charge is 2.10. The summed E-state index contributed by atoms with van der Waals surface area (Å²) in [5, 5.41) is 9.13. The fourth-order valence-electron chi connectivity index (χ4n) is 2.41. The number of fused-ring (bicyclic) bond motifs is 1. The Labute approximate surface area is 125 Å². The molecule has 0 aliphatic carbocycles. The third kappa shape index (κ3) is 2.09. The zero-order valence-corrected chi connectivity index (χ0v) is 11.5. The molecule has 0 N–H and O–H groups in total. The van der Waals surface area contributed by atoms with Crippen molar-refractivity contribution in [3.63, 3.8) is 0 Å². The zero-order valence-electron chi connectivity index (χ0n) is 11.5. The van der Waals surface area contributed by atoms with Crippen LogP contribution in [0.2, 0.25) is 0 Å². The molecule has 0 fully saturated rings. The van der Waals surface area contributed by atoms with Crippen LogP contribution < -0.4 is 5.63 Å². The first kappa shape index (κ1) is 12.5. The molecule has 0 atom stereocenters. The van der Waals surface area contributed by atoms with Gasteiger partial charge in [-0.1, -0.05) is 47.7 Å². The van der Waals surface area contributed by atoms with Gasteiger partial charge in [0, 0.05) is 10.9 Å². The van der Waals surface area contributed by atoms with Gasteiger partial charge in [-0.2, -0.15) is 0 Å². The van der Waals surface area contributed by atoms with Crippen molar-refractivity contribution in [3.8, 4) is 16.9 Å². The summed E-state index contributed by atoms with van der Waals surface area (Å²) in [6, 6.07) is 18.6.